The van der Waals surface area contributed by atoms with E-state index in [0.29, 0.717) is 30.3 Å². The fourth-order valence-electron chi connectivity index (χ4n) is 4.78. The van der Waals surface area contributed by atoms with Crippen LogP contribution in [0.2, 0.25) is 0 Å². The van der Waals surface area contributed by atoms with Crippen LogP contribution in [0.5, 0.6) is 5.75 Å². The average Bonchev–Trinajstić information content (AvgIpc) is 3.29. The van der Waals surface area contributed by atoms with Crippen LogP contribution >= 0.6 is 0 Å². The Labute approximate surface area is 227 Å². The predicted molar refractivity (Wildman–Crippen MR) is 153 cm³/mol. The van der Waals surface area contributed by atoms with Gasteiger partial charge in [-0.2, -0.15) is 0 Å². The molecule has 0 radical (unpaired) electrons. The summed E-state index contributed by atoms with van der Waals surface area (Å²) in [4.78, 5) is 40.0. The number of nitrogens with one attached hydrogen (secondary N) is 1. The van der Waals surface area contributed by atoms with Crippen molar-refractivity contribution in [1.29, 1.82) is 0 Å². The third kappa shape index (κ3) is 5.21. The van der Waals surface area contributed by atoms with Crippen LogP contribution in [0.3, 0.4) is 0 Å². The topological polar surface area (TPSA) is 80.6 Å². The van der Waals surface area contributed by atoms with E-state index < -0.39 is 17.8 Å². The number of para-hydroxylation sites is 2. The summed E-state index contributed by atoms with van der Waals surface area (Å²) >= 11 is 0. The lowest BCUT2D eigenvalue weighted by molar-refractivity contribution is -0.122. The van der Waals surface area contributed by atoms with Gasteiger partial charge in [0, 0.05) is 22.7 Å². The van der Waals surface area contributed by atoms with E-state index >= 15 is 0 Å². The maximum Gasteiger partial charge on any atom is 0.335 e. The Morgan fingerprint density at radius 1 is 0.949 bits per heavy atom. The lowest BCUT2D eigenvalue weighted by Gasteiger charge is -2.26. The Morgan fingerprint density at radius 2 is 1.67 bits per heavy atom. The van der Waals surface area contributed by atoms with Gasteiger partial charge in [-0.1, -0.05) is 62.4 Å². The van der Waals surface area contributed by atoms with Crippen LogP contribution in [-0.4, -0.2) is 29.0 Å². The minimum atomic E-state index is -0.755. The number of hydrogen-bond donors (Lipinski definition) is 1. The first kappa shape index (κ1) is 26.0. The van der Waals surface area contributed by atoms with Gasteiger partial charge < -0.3 is 9.30 Å². The van der Waals surface area contributed by atoms with E-state index in [1.165, 1.54) is 0 Å². The van der Waals surface area contributed by atoms with Crippen molar-refractivity contribution in [1.82, 2.24) is 9.88 Å². The normalized spacial score (nSPS) is 15.6. The number of carbonyl (C=O) groups is 3. The number of imide groups is 2. The first-order valence-electron chi connectivity index (χ1n) is 13.1. The summed E-state index contributed by atoms with van der Waals surface area (Å²) in [6.45, 7) is 7.26. The van der Waals surface area contributed by atoms with Gasteiger partial charge in [0.1, 0.15) is 17.9 Å². The van der Waals surface area contributed by atoms with Gasteiger partial charge in [0.25, 0.3) is 11.8 Å². The lowest BCUT2D eigenvalue weighted by Crippen LogP contribution is -2.54. The molecule has 1 fully saturated rings. The molecule has 0 bridgehead atoms. The van der Waals surface area contributed by atoms with Gasteiger partial charge in [-0.15, -0.1) is 0 Å². The SMILES string of the molecule is CC[C@@H](C)c1ccc(N2C(=O)NC(=O)/C(=C/c3cn(CCOc4ccccc4C)c4ccccc34)C2=O)cc1. The van der Waals surface area contributed by atoms with Gasteiger partial charge in [0.05, 0.1) is 12.2 Å². The molecule has 1 N–H and O–H groups in total. The highest BCUT2D eigenvalue weighted by molar-refractivity contribution is 6.39. The number of ether oxygens (including phenoxy) is 1. The molecular formula is C32H31N3O4. The van der Waals surface area contributed by atoms with Gasteiger partial charge in [0.15, 0.2) is 0 Å². The van der Waals surface area contributed by atoms with Crippen molar-refractivity contribution < 1.29 is 19.1 Å². The van der Waals surface area contributed by atoms with Crippen LogP contribution in [0, 0.1) is 6.92 Å². The van der Waals surface area contributed by atoms with Crippen LogP contribution in [0.1, 0.15) is 42.9 Å². The number of amides is 4. The Morgan fingerprint density at radius 3 is 2.41 bits per heavy atom. The molecular weight excluding hydrogens is 490 g/mol. The number of aromatic nitrogens is 1. The fourth-order valence-corrected chi connectivity index (χ4v) is 4.78. The summed E-state index contributed by atoms with van der Waals surface area (Å²) in [6.07, 6.45) is 4.45. The van der Waals surface area contributed by atoms with Gasteiger partial charge in [-0.3, -0.25) is 14.9 Å². The fraction of sp³-hybridized carbons (Fsp3) is 0.219. The molecule has 0 spiro atoms. The molecule has 5 rings (SSSR count). The molecule has 39 heavy (non-hydrogen) atoms. The highest BCUT2D eigenvalue weighted by atomic mass is 16.5. The van der Waals surface area contributed by atoms with Crippen LogP contribution in [0.25, 0.3) is 17.0 Å². The first-order chi connectivity index (χ1) is 18.9. The van der Waals surface area contributed by atoms with Crippen molar-refractivity contribution in [3.63, 3.8) is 0 Å². The number of hydrogen-bond acceptors (Lipinski definition) is 4. The molecule has 0 aliphatic carbocycles. The van der Waals surface area contributed by atoms with E-state index in [-0.39, 0.29) is 5.57 Å². The molecule has 1 aliphatic heterocycles. The highest BCUT2D eigenvalue weighted by Gasteiger charge is 2.37. The zero-order valence-electron chi connectivity index (χ0n) is 22.3. The number of fused-ring (bicyclic) bond motifs is 1. The van der Waals surface area contributed by atoms with E-state index in [2.05, 4.69) is 19.2 Å². The second kappa shape index (κ2) is 11.0. The smallest absolute Gasteiger partial charge is 0.335 e. The number of benzene rings is 3. The summed E-state index contributed by atoms with van der Waals surface area (Å²) in [5.74, 6) is -0.166. The molecule has 1 aromatic heterocycles. The second-order valence-corrected chi connectivity index (χ2v) is 9.77. The molecule has 2 heterocycles. The maximum absolute atomic E-state index is 13.5. The summed E-state index contributed by atoms with van der Waals surface area (Å²) in [5, 5.41) is 3.21. The van der Waals surface area contributed by atoms with Gasteiger partial charge in [-0.05, 0) is 60.7 Å². The van der Waals surface area contributed by atoms with Crippen molar-refractivity contribution in [3.8, 4) is 5.75 Å². The quantitative estimate of drug-likeness (QED) is 0.221. The highest BCUT2D eigenvalue weighted by Crippen LogP contribution is 2.28. The number of urea groups is 1. The number of carbonyl (C=O) groups excluding carboxylic acids is 3. The molecule has 4 aromatic rings. The number of aryl methyl sites for hydroxylation is 1. The molecule has 7 nitrogen and oxygen atoms in total. The van der Waals surface area contributed by atoms with Crippen LogP contribution in [0.15, 0.2) is 84.6 Å². The third-order valence-corrected chi connectivity index (χ3v) is 7.24. The van der Waals surface area contributed by atoms with Crippen molar-refractivity contribution in [2.75, 3.05) is 11.5 Å². The number of nitrogens with zero attached hydrogens (tertiary/aromatic N) is 2. The van der Waals surface area contributed by atoms with Crippen molar-refractivity contribution in [2.45, 2.75) is 39.7 Å². The van der Waals surface area contributed by atoms with E-state index in [1.807, 2.05) is 78.4 Å². The number of barbiturate groups is 1. The Balaban J connectivity index is 1.43. The summed E-state index contributed by atoms with van der Waals surface area (Å²) in [7, 11) is 0. The molecule has 198 valence electrons. The zero-order valence-corrected chi connectivity index (χ0v) is 22.3. The molecule has 0 unspecified atom stereocenters. The van der Waals surface area contributed by atoms with E-state index in [4.69, 9.17) is 4.74 Å². The van der Waals surface area contributed by atoms with Gasteiger partial charge >= 0.3 is 6.03 Å². The standard InChI is InChI=1S/C32H31N3O4/c1-4-21(2)23-13-15-25(16-14-23)35-31(37)27(30(36)33-32(35)38)19-24-20-34(28-11-7-6-10-26(24)28)17-18-39-29-12-8-5-9-22(29)3/h5-16,19-21H,4,17-18H2,1-3H3,(H,33,36,38)/b27-19-/t21-/m1/s1. The average molecular weight is 522 g/mol. The Kier molecular flexibility index (Phi) is 7.32. The number of anilines is 1. The third-order valence-electron chi connectivity index (χ3n) is 7.24. The molecule has 0 saturated carbocycles. The Bertz CT molecular complexity index is 1580. The Hall–Kier alpha value is -4.65. The van der Waals surface area contributed by atoms with Crippen molar-refractivity contribution in [2.24, 2.45) is 0 Å². The van der Waals surface area contributed by atoms with Gasteiger partial charge in [-0.25, -0.2) is 9.69 Å². The van der Waals surface area contributed by atoms with Gasteiger partial charge in [0.2, 0.25) is 0 Å². The molecule has 7 heteroatoms. The molecule has 4 amide bonds. The zero-order chi connectivity index (χ0) is 27.5. The summed E-state index contributed by atoms with van der Waals surface area (Å²) in [6, 6.07) is 22.2. The van der Waals surface area contributed by atoms with E-state index in [1.54, 1.807) is 18.2 Å². The maximum atomic E-state index is 13.5. The van der Waals surface area contributed by atoms with Crippen molar-refractivity contribution in [3.05, 3.63) is 101 Å². The largest absolute Gasteiger partial charge is 0.491 e. The molecule has 1 saturated heterocycles. The summed E-state index contributed by atoms with van der Waals surface area (Å²) < 4.78 is 8.03. The van der Waals surface area contributed by atoms with Crippen LogP contribution in [0.4, 0.5) is 10.5 Å². The van der Waals surface area contributed by atoms with Crippen LogP contribution in [-0.2, 0) is 16.1 Å². The first-order valence-corrected chi connectivity index (χ1v) is 13.1. The lowest BCUT2D eigenvalue weighted by atomic mass is 9.98. The molecule has 3 aromatic carbocycles. The molecule has 1 aliphatic rings. The minimum Gasteiger partial charge on any atom is -0.491 e. The van der Waals surface area contributed by atoms with E-state index in [0.717, 1.165) is 39.1 Å². The minimum absolute atomic E-state index is 0.0975. The second-order valence-electron chi connectivity index (χ2n) is 9.77. The number of rotatable bonds is 8. The predicted octanol–water partition coefficient (Wildman–Crippen LogP) is 6.21. The molecule has 1 atom stereocenters. The van der Waals surface area contributed by atoms with Crippen molar-refractivity contribution >= 4 is 40.5 Å². The van der Waals surface area contributed by atoms with E-state index in [9.17, 15) is 14.4 Å². The monoisotopic (exact) mass is 521 g/mol. The summed E-state index contributed by atoms with van der Waals surface area (Å²) in [5.41, 5.74) is 4.17. The van der Waals surface area contributed by atoms with Crippen LogP contribution < -0.4 is 15.0 Å².